The van der Waals surface area contributed by atoms with Gasteiger partial charge in [-0.25, -0.2) is 4.99 Å². The molecule has 2 rings (SSSR count). The molecule has 5 heteroatoms. The third kappa shape index (κ3) is 3.84. The minimum Gasteiger partial charge on any atom is -0.481 e. The number of hydrogen-bond donors (Lipinski definition) is 1. The molecular weight excluding hydrogens is 298 g/mol. The maximum atomic E-state index is 10.5. The summed E-state index contributed by atoms with van der Waals surface area (Å²) < 4.78 is 6.51. The highest BCUT2D eigenvalue weighted by Gasteiger charge is 2.19. The van der Waals surface area contributed by atoms with Crippen molar-refractivity contribution in [3.8, 4) is 0 Å². The van der Waals surface area contributed by atoms with Crippen molar-refractivity contribution < 1.29 is 14.6 Å². The van der Waals surface area contributed by atoms with Gasteiger partial charge in [-0.3, -0.25) is 4.79 Å². The molecule has 0 fully saturated rings. The molecule has 4 nitrogen and oxygen atoms in total. The van der Waals surface area contributed by atoms with Crippen molar-refractivity contribution in [3.63, 3.8) is 0 Å². The predicted octanol–water partition coefficient (Wildman–Crippen LogP) is 2.65. The van der Waals surface area contributed by atoms with Gasteiger partial charge in [0, 0.05) is 17.3 Å². The quantitative estimate of drug-likeness (QED) is 0.909. The lowest BCUT2D eigenvalue weighted by atomic mass is 10.1. The average molecular weight is 312 g/mol. The van der Waals surface area contributed by atoms with Gasteiger partial charge in [0.25, 0.3) is 0 Å². The minimum atomic E-state index is -0.786. The maximum Gasteiger partial charge on any atom is 0.303 e. The lowest BCUT2D eigenvalue weighted by Crippen LogP contribution is -2.09. The van der Waals surface area contributed by atoms with Crippen molar-refractivity contribution in [3.05, 3.63) is 34.3 Å². The van der Waals surface area contributed by atoms with Gasteiger partial charge < -0.3 is 9.84 Å². The van der Waals surface area contributed by atoms with Crippen molar-refractivity contribution in [2.75, 3.05) is 6.61 Å². The summed E-state index contributed by atoms with van der Waals surface area (Å²) in [7, 11) is 0. The molecule has 0 saturated heterocycles. The topological polar surface area (TPSA) is 58.9 Å². The number of carbonyl (C=O) groups is 1. The molecule has 0 radical (unpaired) electrons. The van der Waals surface area contributed by atoms with E-state index in [-0.39, 0.29) is 12.5 Å². The molecule has 0 aliphatic carbocycles. The molecule has 0 spiro atoms. The van der Waals surface area contributed by atoms with Crippen molar-refractivity contribution in [1.29, 1.82) is 0 Å². The van der Waals surface area contributed by atoms with Gasteiger partial charge in [-0.15, -0.1) is 0 Å². The largest absolute Gasteiger partial charge is 0.481 e. The van der Waals surface area contributed by atoms with Crippen molar-refractivity contribution in [2.45, 2.75) is 25.3 Å². The predicted molar refractivity (Wildman–Crippen MR) is 71.9 cm³/mol. The van der Waals surface area contributed by atoms with Gasteiger partial charge in [-0.05, 0) is 24.1 Å². The molecule has 1 heterocycles. The number of hydrogen-bond acceptors (Lipinski definition) is 3. The van der Waals surface area contributed by atoms with Crippen LogP contribution >= 0.6 is 15.9 Å². The third-order valence-corrected chi connectivity index (χ3v) is 3.20. The Hall–Kier alpha value is -1.36. The summed E-state index contributed by atoms with van der Waals surface area (Å²) in [4.78, 5) is 14.9. The van der Waals surface area contributed by atoms with E-state index in [1.807, 2.05) is 24.3 Å². The second-order valence-corrected chi connectivity index (χ2v) is 5.14. The Bertz CT molecular complexity index is 473. The van der Waals surface area contributed by atoms with Crippen LogP contribution in [-0.4, -0.2) is 29.6 Å². The molecule has 0 saturated carbocycles. The van der Waals surface area contributed by atoms with Gasteiger partial charge in [0.1, 0.15) is 6.61 Å². The smallest absolute Gasteiger partial charge is 0.303 e. The molecule has 1 unspecified atom stereocenters. The lowest BCUT2D eigenvalue weighted by Gasteiger charge is -2.02. The normalized spacial score (nSPS) is 18.3. The van der Waals surface area contributed by atoms with E-state index >= 15 is 0 Å². The fraction of sp³-hybridized carbons (Fsp3) is 0.385. The molecule has 0 bridgehead atoms. The van der Waals surface area contributed by atoms with E-state index in [9.17, 15) is 4.79 Å². The molecule has 0 aromatic heterocycles. The summed E-state index contributed by atoms with van der Waals surface area (Å²) in [5.74, 6) is -0.0888. The Morgan fingerprint density at radius 1 is 1.56 bits per heavy atom. The van der Waals surface area contributed by atoms with E-state index < -0.39 is 5.97 Å². The van der Waals surface area contributed by atoms with Crippen LogP contribution in [0.5, 0.6) is 0 Å². The summed E-state index contributed by atoms with van der Waals surface area (Å²) >= 11 is 3.42. The second kappa shape index (κ2) is 6.00. The Labute approximate surface area is 114 Å². The Morgan fingerprint density at radius 3 is 3.11 bits per heavy atom. The summed E-state index contributed by atoms with van der Waals surface area (Å²) in [5, 5.41) is 8.61. The zero-order chi connectivity index (χ0) is 13.0. The summed E-state index contributed by atoms with van der Waals surface area (Å²) in [6.45, 7) is 0.497. The third-order valence-electron chi connectivity index (χ3n) is 2.70. The molecule has 1 N–H and O–H groups in total. The van der Waals surface area contributed by atoms with Crippen LogP contribution in [0.1, 0.15) is 18.4 Å². The lowest BCUT2D eigenvalue weighted by molar-refractivity contribution is -0.137. The number of halogens is 1. The molecule has 1 aliphatic heterocycles. The first kappa shape index (κ1) is 13.1. The van der Waals surface area contributed by atoms with Gasteiger partial charge in [0.2, 0.25) is 0 Å². The summed E-state index contributed by atoms with van der Waals surface area (Å²) in [5.41, 5.74) is 1.13. The first-order chi connectivity index (χ1) is 8.63. The van der Waals surface area contributed by atoms with Crippen LogP contribution in [0.4, 0.5) is 0 Å². The number of ether oxygens (including phenoxy) is 1. The Balaban J connectivity index is 1.91. The number of aliphatic imine (C=N–C) groups is 1. The monoisotopic (exact) mass is 311 g/mol. The van der Waals surface area contributed by atoms with E-state index in [4.69, 9.17) is 9.84 Å². The highest BCUT2D eigenvalue weighted by Crippen LogP contribution is 2.16. The second-order valence-electron chi connectivity index (χ2n) is 4.23. The first-order valence-corrected chi connectivity index (χ1v) is 6.58. The molecule has 1 aliphatic rings. The first-order valence-electron chi connectivity index (χ1n) is 5.79. The number of benzene rings is 1. The van der Waals surface area contributed by atoms with Gasteiger partial charge in [0.05, 0.1) is 6.04 Å². The number of carboxylic acid groups (broad SMARTS) is 1. The van der Waals surface area contributed by atoms with E-state index in [1.54, 1.807) is 0 Å². The standard InChI is InChI=1S/C13H14BrNO3/c14-10-3-1-2-9(6-10)7-12-15-11(8-18-12)4-5-13(16)17/h1-3,6,11H,4-5,7-8H2,(H,16,17). The van der Waals surface area contributed by atoms with Crippen molar-refractivity contribution in [2.24, 2.45) is 4.99 Å². The fourth-order valence-corrected chi connectivity index (χ4v) is 2.27. The fourth-order valence-electron chi connectivity index (χ4n) is 1.83. The van der Waals surface area contributed by atoms with Crippen molar-refractivity contribution >= 4 is 27.8 Å². The Morgan fingerprint density at radius 2 is 2.39 bits per heavy atom. The van der Waals surface area contributed by atoms with E-state index in [0.717, 1.165) is 10.0 Å². The zero-order valence-electron chi connectivity index (χ0n) is 9.80. The highest BCUT2D eigenvalue weighted by molar-refractivity contribution is 9.10. The summed E-state index contributed by atoms with van der Waals surface area (Å²) in [6, 6.07) is 7.97. The molecular formula is C13H14BrNO3. The summed E-state index contributed by atoms with van der Waals surface area (Å²) in [6.07, 6.45) is 1.34. The number of carboxylic acids is 1. The van der Waals surface area contributed by atoms with E-state index in [1.165, 1.54) is 0 Å². The minimum absolute atomic E-state index is 0.0109. The van der Waals surface area contributed by atoms with Crippen LogP contribution in [0, 0.1) is 0 Å². The van der Waals surface area contributed by atoms with Crippen LogP contribution in [0.3, 0.4) is 0 Å². The number of aliphatic carboxylic acids is 1. The molecule has 1 aromatic rings. The van der Waals surface area contributed by atoms with Gasteiger partial charge >= 0.3 is 5.97 Å². The van der Waals surface area contributed by atoms with Crippen LogP contribution in [0.15, 0.2) is 33.7 Å². The molecule has 1 atom stereocenters. The number of nitrogens with zero attached hydrogens (tertiary/aromatic N) is 1. The van der Waals surface area contributed by atoms with Crippen LogP contribution in [0.25, 0.3) is 0 Å². The van der Waals surface area contributed by atoms with Gasteiger partial charge in [0.15, 0.2) is 5.90 Å². The van der Waals surface area contributed by atoms with E-state index in [0.29, 0.717) is 25.3 Å². The van der Waals surface area contributed by atoms with E-state index in [2.05, 4.69) is 20.9 Å². The SMILES string of the molecule is O=C(O)CCC1COC(Cc2cccc(Br)c2)=N1. The molecule has 96 valence electrons. The average Bonchev–Trinajstić information content (AvgIpc) is 2.74. The van der Waals surface area contributed by atoms with Gasteiger partial charge in [-0.2, -0.15) is 0 Å². The molecule has 0 amide bonds. The van der Waals surface area contributed by atoms with Crippen LogP contribution < -0.4 is 0 Å². The van der Waals surface area contributed by atoms with Crippen molar-refractivity contribution in [1.82, 2.24) is 0 Å². The van der Waals surface area contributed by atoms with Crippen LogP contribution in [-0.2, 0) is 16.0 Å². The van der Waals surface area contributed by atoms with Crippen LogP contribution in [0.2, 0.25) is 0 Å². The Kier molecular flexibility index (Phi) is 4.36. The highest BCUT2D eigenvalue weighted by atomic mass is 79.9. The molecule has 18 heavy (non-hydrogen) atoms. The maximum absolute atomic E-state index is 10.5. The number of rotatable bonds is 5. The molecule has 1 aromatic carbocycles. The van der Waals surface area contributed by atoms with Gasteiger partial charge in [-0.1, -0.05) is 28.1 Å². The zero-order valence-corrected chi connectivity index (χ0v) is 11.4.